The van der Waals surface area contributed by atoms with Crippen LogP contribution in [0.5, 0.6) is 11.5 Å². The average molecular weight is 206 g/mol. The van der Waals surface area contributed by atoms with E-state index in [0.29, 0.717) is 5.75 Å². The number of aromatic hydroxyl groups is 1. The maximum atomic E-state index is 9.85. The molecular formula is C13H18O2. The minimum Gasteiger partial charge on any atom is -0.507 e. The van der Waals surface area contributed by atoms with Gasteiger partial charge in [0.15, 0.2) is 0 Å². The number of aryl methyl sites for hydroxylation is 1. The summed E-state index contributed by atoms with van der Waals surface area (Å²) in [5.41, 5.74) is 3.01. The Morgan fingerprint density at radius 2 is 2.07 bits per heavy atom. The third-order valence-corrected chi connectivity index (χ3v) is 2.32. The lowest BCUT2D eigenvalue weighted by molar-refractivity contribution is 0.410. The van der Waals surface area contributed by atoms with E-state index >= 15 is 0 Å². The fraction of sp³-hybridized carbons (Fsp3) is 0.385. The normalized spacial score (nSPS) is 9.87. The molecule has 1 aromatic rings. The van der Waals surface area contributed by atoms with Gasteiger partial charge in [-0.2, -0.15) is 0 Å². The summed E-state index contributed by atoms with van der Waals surface area (Å²) in [4.78, 5) is 0. The van der Waals surface area contributed by atoms with Crippen molar-refractivity contribution < 1.29 is 9.84 Å². The molecule has 15 heavy (non-hydrogen) atoms. The molecule has 0 fully saturated rings. The Morgan fingerprint density at radius 1 is 1.40 bits per heavy atom. The van der Waals surface area contributed by atoms with Gasteiger partial charge in [-0.25, -0.2) is 0 Å². The largest absolute Gasteiger partial charge is 0.507 e. The number of hydrogen-bond donors (Lipinski definition) is 1. The van der Waals surface area contributed by atoms with E-state index in [9.17, 15) is 5.11 Å². The molecule has 2 nitrogen and oxygen atoms in total. The van der Waals surface area contributed by atoms with Crippen molar-refractivity contribution in [3.8, 4) is 11.5 Å². The number of ether oxygens (including phenoxy) is 1. The van der Waals surface area contributed by atoms with Crippen molar-refractivity contribution in [2.24, 2.45) is 0 Å². The van der Waals surface area contributed by atoms with Crippen molar-refractivity contribution in [3.63, 3.8) is 0 Å². The van der Waals surface area contributed by atoms with Gasteiger partial charge < -0.3 is 9.84 Å². The van der Waals surface area contributed by atoms with Crippen LogP contribution in [-0.4, -0.2) is 12.2 Å². The Morgan fingerprint density at radius 3 is 2.60 bits per heavy atom. The second kappa shape index (κ2) is 4.87. The molecular weight excluding hydrogens is 188 g/mol. The molecule has 0 heterocycles. The van der Waals surface area contributed by atoms with Gasteiger partial charge >= 0.3 is 0 Å². The molecule has 0 radical (unpaired) electrons. The second-order valence-corrected chi connectivity index (χ2v) is 3.94. The molecule has 0 saturated heterocycles. The molecule has 0 atom stereocenters. The molecule has 1 N–H and O–H groups in total. The third kappa shape index (κ3) is 3.01. The van der Waals surface area contributed by atoms with E-state index < -0.39 is 0 Å². The molecule has 0 bridgehead atoms. The van der Waals surface area contributed by atoms with Crippen molar-refractivity contribution in [3.05, 3.63) is 34.9 Å². The second-order valence-electron chi connectivity index (χ2n) is 3.94. The fourth-order valence-corrected chi connectivity index (χ4v) is 1.40. The van der Waals surface area contributed by atoms with Crippen LogP contribution in [0.15, 0.2) is 23.8 Å². The third-order valence-electron chi connectivity index (χ3n) is 2.32. The van der Waals surface area contributed by atoms with Crippen molar-refractivity contribution in [1.82, 2.24) is 0 Å². The minimum atomic E-state index is 0.369. The summed E-state index contributed by atoms with van der Waals surface area (Å²) in [7, 11) is 1.64. The number of benzene rings is 1. The van der Waals surface area contributed by atoms with Gasteiger partial charge in [0.05, 0.1) is 7.11 Å². The number of methoxy groups -OCH3 is 1. The van der Waals surface area contributed by atoms with Gasteiger partial charge in [-0.1, -0.05) is 11.6 Å². The van der Waals surface area contributed by atoms with Crippen LogP contribution in [0.3, 0.4) is 0 Å². The Balaban J connectivity index is 3.05. The summed E-state index contributed by atoms with van der Waals surface area (Å²) in [6, 6.07) is 3.71. The van der Waals surface area contributed by atoms with Gasteiger partial charge in [0.1, 0.15) is 11.5 Å². The maximum absolute atomic E-state index is 9.85. The molecule has 0 aromatic heterocycles. The highest BCUT2D eigenvalue weighted by atomic mass is 16.5. The first kappa shape index (κ1) is 11.6. The Labute approximate surface area is 91.2 Å². The summed E-state index contributed by atoms with van der Waals surface area (Å²) >= 11 is 0. The highest BCUT2D eigenvalue weighted by molar-refractivity contribution is 5.46. The highest BCUT2D eigenvalue weighted by Gasteiger charge is 2.06. The van der Waals surface area contributed by atoms with Crippen LogP contribution in [0.4, 0.5) is 0 Å². The molecule has 0 aliphatic rings. The predicted molar refractivity (Wildman–Crippen MR) is 62.5 cm³/mol. The molecule has 0 amide bonds. The van der Waals surface area contributed by atoms with Gasteiger partial charge in [-0.3, -0.25) is 0 Å². The first-order chi connectivity index (χ1) is 7.04. The molecule has 0 unspecified atom stereocenters. The number of hydrogen-bond acceptors (Lipinski definition) is 2. The number of allylic oxidation sites excluding steroid dienone is 2. The van der Waals surface area contributed by atoms with Crippen LogP contribution in [0, 0.1) is 6.92 Å². The quantitative estimate of drug-likeness (QED) is 0.769. The van der Waals surface area contributed by atoms with E-state index in [1.807, 2.05) is 32.9 Å². The van der Waals surface area contributed by atoms with E-state index in [-0.39, 0.29) is 0 Å². The van der Waals surface area contributed by atoms with E-state index in [4.69, 9.17) is 4.74 Å². The molecule has 0 aliphatic heterocycles. The minimum absolute atomic E-state index is 0.369. The number of phenolic OH excluding ortho intramolecular Hbond substituents is 1. The fourth-order valence-electron chi connectivity index (χ4n) is 1.40. The van der Waals surface area contributed by atoms with Gasteiger partial charge in [0.25, 0.3) is 0 Å². The standard InChI is InChI=1S/C13H18O2/c1-9(2)5-6-11-8-12(15-4)7-10(3)13(11)14/h5,7-8,14H,6H2,1-4H3. The number of phenols is 1. The van der Waals surface area contributed by atoms with Crippen LogP contribution in [-0.2, 0) is 6.42 Å². The molecule has 1 rings (SSSR count). The first-order valence-electron chi connectivity index (χ1n) is 5.04. The zero-order chi connectivity index (χ0) is 11.4. The Bertz CT molecular complexity index is 374. The van der Waals surface area contributed by atoms with Gasteiger partial charge in [0, 0.05) is 5.56 Å². The Kier molecular flexibility index (Phi) is 3.78. The lowest BCUT2D eigenvalue weighted by Gasteiger charge is -2.08. The average Bonchev–Trinajstić information content (AvgIpc) is 2.19. The van der Waals surface area contributed by atoms with Gasteiger partial charge in [-0.05, 0) is 44.9 Å². The molecule has 0 aliphatic carbocycles. The maximum Gasteiger partial charge on any atom is 0.122 e. The first-order valence-corrected chi connectivity index (χ1v) is 5.04. The lowest BCUT2D eigenvalue weighted by Crippen LogP contribution is -1.90. The lowest BCUT2D eigenvalue weighted by atomic mass is 10.0. The summed E-state index contributed by atoms with van der Waals surface area (Å²) in [6.45, 7) is 5.97. The zero-order valence-corrected chi connectivity index (χ0v) is 9.79. The highest BCUT2D eigenvalue weighted by Crippen LogP contribution is 2.28. The SMILES string of the molecule is COc1cc(C)c(O)c(CC=C(C)C)c1. The van der Waals surface area contributed by atoms with Crippen molar-refractivity contribution in [1.29, 1.82) is 0 Å². The topological polar surface area (TPSA) is 29.5 Å². The van der Waals surface area contributed by atoms with Crippen LogP contribution >= 0.6 is 0 Å². The van der Waals surface area contributed by atoms with Crippen molar-refractivity contribution in [2.45, 2.75) is 27.2 Å². The van der Waals surface area contributed by atoms with E-state index in [2.05, 4.69) is 6.08 Å². The molecule has 82 valence electrons. The van der Waals surface area contributed by atoms with E-state index in [1.165, 1.54) is 5.57 Å². The van der Waals surface area contributed by atoms with Crippen LogP contribution < -0.4 is 4.74 Å². The predicted octanol–water partition coefficient (Wildman–Crippen LogP) is 3.22. The Hall–Kier alpha value is -1.44. The van der Waals surface area contributed by atoms with Crippen molar-refractivity contribution in [2.75, 3.05) is 7.11 Å². The molecule has 1 aromatic carbocycles. The summed E-state index contributed by atoms with van der Waals surface area (Å²) in [5.74, 6) is 1.16. The molecule has 0 saturated carbocycles. The summed E-state index contributed by atoms with van der Waals surface area (Å²) in [5, 5.41) is 9.85. The summed E-state index contributed by atoms with van der Waals surface area (Å²) in [6.07, 6.45) is 2.83. The number of rotatable bonds is 3. The van der Waals surface area contributed by atoms with Crippen molar-refractivity contribution >= 4 is 0 Å². The van der Waals surface area contributed by atoms with Crippen LogP contribution in [0.1, 0.15) is 25.0 Å². The molecule has 0 spiro atoms. The monoisotopic (exact) mass is 206 g/mol. The molecule has 2 heteroatoms. The van der Waals surface area contributed by atoms with E-state index in [0.717, 1.165) is 23.3 Å². The zero-order valence-electron chi connectivity index (χ0n) is 9.79. The van der Waals surface area contributed by atoms with Crippen LogP contribution in [0.2, 0.25) is 0 Å². The summed E-state index contributed by atoms with van der Waals surface area (Å²) < 4.78 is 5.17. The van der Waals surface area contributed by atoms with Crippen LogP contribution in [0.25, 0.3) is 0 Å². The van der Waals surface area contributed by atoms with E-state index in [1.54, 1.807) is 7.11 Å². The smallest absolute Gasteiger partial charge is 0.122 e. The van der Waals surface area contributed by atoms with Gasteiger partial charge in [0.2, 0.25) is 0 Å². The van der Waals surface area contributed by atoms with Gasteiger partial charge in [-0.15, -0.1) is 0 Å².